The Morgan fingerprint density at radius 2 is 1.81 bits per heavy atom. The molecule has 1 aromatic heterocycles. The molecule has 0 radical (unpaired) electrons. The van der Waals surface area contributed by atoms with Crippen LogP contribution in [0.3, 0.4) is 0 Å². The van der Waals surface area contributed by atoms with Crippen LogP contribution in [0.5, 0.6) is 0 Å². The van der Waals surface area contributed by atoms with Crippen LogP contribution in [0.1, 0.15) is 35.2 Å². The summed E-state index contributed by atoms with van der Waals surface area (Å²) >= 11 is 13.8. The lowest BCUT2D eigenvalue weighted by Gasteiger charge is -2.31. The zero-order chi connectivity index (χ0) is 22.2. The summed E-state index contributed by atoms with van der Waals surface area (Å²) in [5.74, 6) is 0. The zero-order valence-electron chi connectivity index (χ0n) is 17.4. The second-order valence-electron chi connectivity index (χ2n) is 8.02. The summed E-state index contributed by atoms with van der Waals surface area (Å²) in [6.07, 6.45) is 1.88. The van der Waals surface area contributed by atoms with Crippen LogP contribution in [0, 0.1) is 13.8 Å². The molecule has 2 heterocycles. The Morgan fingerprint density at radius 3 is 2.52 bits per heavy atom. The fraction of sp³-hybridized carbons (Fsp3) is 0.348. The molecular formula is C23H24Cl2N2O2S2. The van der Waals surface area contributed by atoms with Gasteiger partial charge in [-0.2, -0.15) is 0 Å². The largest absolute Gasteiger partial charge is 0.348 e. The van der Waals surface area contributed by atoms with Crippen LogP contribution in [0.25, 0.3) is 0 Å². The van der Waals surface area contributed by atoms with Crippen LogP contribution in [0.4, 0.5) is 5.13 Å². The summed E-state index contributed by atoms with van der Waals surface area (Å²) < 4.78 is 26.2. The van der Waals surface area contributed by atoms with E-state index in [1.807, 2.05) is 0 Å². The highest BCUT2D eigenvalue weighted by Crippen LogP contribution is 2.33. The molecular weight excluding hydrogens is 471 g/mol. The van der Waals surface area contributed by atoms with E-state index in [1.165, 1.54) is 22.8 Å². The van der Waals surface area contributed by atoms with E-state index in [0.29, 0.717) is 31.0 Å². The van der Waals surface area contributed by atoms with E-state index in [2.05, 4.69) is 42.3 Å². The first-order valence-corrected chi connectivity index (χ1v) is 13.4. The highest BCUT2D eigenvalue weighted by molar-refractivity contribution is 7.92. The Balaban J connectivity index is 1.42. The molecule has 1 saturated heterocycles. The van der Waals surface area contributed by atoms with Crippen LogP contribution in [0.15, 0.2) is 46.7 Å². The number of aromatic nitrogens is 1. The van der Waals surface area contributed by atoms with E-state index in [1.54, 1.807) is 23.5 Å². The molecule has 0 aliphatic carbocycles. The second-order valence-corrected chi connectivity index (χ2v) is 11.9. The predicted molar refractivity (Wildman–Crippen MR) is 130 cm³/mol. The van der Waals surface area contributed by atoms with Gasteiger partial charge >= 0.3 is 0 Å². The first-order valence-electron chi connectivity index (χ1n) is 10.2. The first-order chi connectivity index (χ1) is 14.7. The SMILES string of the molecule is Cc1ccc(Cc2csc(N3CCC(S(=O)(=O)c4cc(Cl)ccc4Cl)CC3)n2)cc1C. The van der Waals surface area contributed by atoms with Crippen LogP contribution in [-0.4, -0.2) is 31.7 Å². The van der Waals surface area contributed by atoms with E-state index in [0.717, 1.165) is 17.2 Å². The van der Waals surface area contributed by atoms with Gasteiger partial charge in [0.05, 0.1) is 20.9 Å². The zero-order valence-corrected chi connectivity index (χ0v) is 20.6. The molecule has 31 heavy (non-hydrogen) atoms. The normalized spacial score (nSPS) is 15.4. The molecule has 1 aliphatic heterocycles. The molecule has 164 valence electrons. The fourth-order valence-corrected chi connectivity index (χ4v) is 7.26. The molecule has 0 amide bonds. The van der Waals surface area contributed by atoms with Crippen molar-refractivity contribution in [3.63, 3.8) is 0 Å². The van der Waals surface area contributed by atoms with Crippen molar-refractivity contribution >= 4 is 49.5 Å². The first kappa shape index (κ1) is 22.6. The number of rotatable bonds is 5. The van der Waals surface area contributed by atoms with Crippen LogP contribution < -0.4 is 4.90 Å². The second kappa shape index (κ2) is 9.10. The molecule has 0 spiro atoms. The van der Waals surface area contributed by atoms with E-state index in [9.17, 15) is 8.42 Å². The minimum Gasteiger partial charge on any atom is -0.348 e. The third-order valence-corrected chi connectivity index (χ3v) is 9.77. The minimum absolute atomic E-state index is 0.130. The lowest BCUT2D eigenvalue weighted by Crippen LogP contribution is -2.39. The Labute approximate surface area is 197 Å². The molecule has 4 rings (SSSR count). The monoisotopic (exact) mass is 494 g/mol. The summed E-state index contributed by atoms with van der Waals surface area (Å²) in [6.45, 7) is 5.54. The molecule has 2 aromatic carbocycles. The predicted octanol–water partition coefficient (Wildman–Crippen LogP) is 6.10. The number of thiazole rings is 1. The van der Waals surface area contributed by atoms with Gasteiger partial charge in [0.1, 0.15) is 0 Å². The smallest absolute Gasteiger partial charge is 0.185 e. The van der Waals surface area contributed by atoms with Crippen molar-refractivity contribution in [3.05, 3.63) is 74.2 Å². The van der Waals surface area contributed by atoms with Gasteiger partial charge in [0, 0.05) is 29.9 Å². The highest BCUT2D eigenvalue weighted by atomic mass is 35.5. The van der Waals surface area contributed by atoms with Crippen molar-refractivity contribution in [2.75, 3.05) is 18.0 Å². The van der Waals surface area contributed by atoms with Crippen molar-refractivity contribution in [1.82, 2.24) is 4.98 Å². The number of hydrogen-bond acceptors (Lipinski definition) is 5. The van der Waals surface area contributed by atoms with Gasteiger partial charge in [-0.1, -0.05) is 41.4 Å². The van der Waals surface area contributed by atoms with Crippen LogP contribution in [0.2, 0.25) is 10.0 Å². The van der Waals surface area contributed by atoms with Crippen LogP contribution in [-0.2, 0) is 16.3 Å². The Bertz CT molecular complexity index is 1200. The average Bonchev–Trinajstić information content (AvgIpc) is 3.21. The van der Waals surface area contributed by atoms with Crippen LogP contribution >= 0.6 is 34.5 Å². The number of hydrogen-bond donors (Lipinski definition) is 0. The van der Waals surface area contributed by atoms with Gasteiger partial charge in [-0.25, -0.2) is 13.4 Å². The standard InChI is InChI=1S/C23H24Cl2N2O2S2/c1-15-3-4-17(11-16(15)2)12-19-14-30-23(26-19)27-9-7-20(8-10-27)31(28,29)22-13-18(24)5-6-21(22)25/h3-6,11,13-14,20H,7-10,12H2,1-2H3. The Hall–Kier alpha value is -1.60. The van der Waals surface area contributed by atoms with E-state index < -0.39 is 15.1 Å². The van der Waals surface area contributed by atoms with Gasteiger partial charge in [0.15, 0.2) is 15.0 Å². The number of piperidine rings is 1. The Morgan fingerprint density at radius 1 is 1.06 bits per heavy atom. The molecule has 0 N–H and O–H groups in total. The molecule has 0 saturated carbocycles. The Kier molecular flexibility index (Phi) is 6.63. The van der Waals surface area contributed by atoms with Crippen molar-refractivity contribution in [2.45, 2.75) is 43.3 Å². The molecule has 0 bridgehead atoms. The van der Waals surface area contributed by atoms with Gasteiger partial charge in [0.2, 0.25) is 0 Å². The third-order valence-electron chi connectivity index (χ3n) is 5.85. The topological polar surface area (TPSA) is 50.3 Å². The van der Waals surface area contributed by atoms with Gasteiger partial charge in [0.25, 0.3) is 0 Å². The van der Waals surface area contributed by atoms with Gasteiger partial charge < -0.3 is 4.90 Å². The maximum Gasteiger partial charge on any atom is 0.185 e. The van der Waals surface area contributed by atoms with E-state index in [-0.39, 0.29) is 9.92 Å². The molecule has 1 aliphatic rings. The lowest BCUT2D eigenvalue weighted by molar-refractivity contribution is 0.529. The molecule has 3 aromatic rings. The number of benzene rings is 2. The molecule has 0 unspecified atom stereocenters. The van der Waals surface area contributed by atoms with Gasteiger partial charge in [-0.3, -0.25) is 0 Å². The highest BCUT2D eigenvalue weighted by Gasteiger charge is 2.33. The summed E-state index contributed by atoms with van der Waals surface area (Å²) in [5.41, 5.74) is 4.88. The summed E-state index contributed by atoms with van der Waals surface area (Å²) in [5, 5.41) is 3.19. The van der Waals surface area contributed by atoms with Crippen molar-refractivity contribution in [1.29, 1.82) is 0 Å². The molecule has 1 fully saturated rings. The maximum absolute atomic E-state index is 13.1. The van der Waals surface area contributed by atoms with E-state index in [4.69, 9.17) is 28.2 Å². The van der Waals surface area contributed by atoms with E-state index >= 15 is 0 Å². The fourth-order valence-electron chi connectivity index (χ4n) is 3.88. The number of anilines is 1. The van der Waals surface area contributed by atoms with Crippen molar-refractivity contribution < 1.29 is 8.42 Å². The summed E-state index contributed by atoms with van der Waals surface area (Å²) in [4.78, 5) is 7.12. The molecule has 0 atom stereocenters. The van der Waals surface area contributed by atoms with Gasteiger partial charge in [-0.15, -0.1) is 11.3 Å². The average molecular weight is 495 g/mol. The molecule has 8 heteroatoms. The summed E-state index contributed by atoms with van der Waals surface area (Å²) in [6, 6.07) is 11.1. The number of halogens is 2. The van der Waals surface area contributed by atoms with Crippen molar-refractivity contribution in [2.24, 2.45) is 0 Å². The number of aryl methyl sites for hydroxylation is 2. The van der Waals surface area contributed by atoms with Gasteiger partial charge in [-0.05, 0) is 61.6 Å². The summed E-state index contributed by atoms with van der Waals surface area (Å²) in [7, 11) is -3.52. The quantitative estimate of drug-likeness (QED) is 0.429. The maximum atomic E-state index is 13.1. The minimum atomic E-state index is -3.52. The third kappa shape index (κ3) is 4.92. The van der Waals surface area contributed by atoms with Crippen molar-refractivity contribution in [3.8, 4) is 0 Å². The molecule has 4 nitrogen and oxygen atoms in total. The number of sulfone groups is 1. The lowest BCUT2D eigenvalue weighted by atomic mass is 10.0. The number of nitrogens with zero attached hydrogens (tertiary/aromatic N) is 2.